The summed E-state index contributed by atoms with van der Waals surface area (Å²) in [6.45, 7) is 5.33. The van der Waals surface area contributed by atoms with Crippen LogP contribution in [0.2, 0.25) is 5.28 Å². The van der Waals surface area contributed by atoms with Crippen molar-refractivity contribution in [3.05, 3.63) is 40.3 Å². The number of amides is 1. The average molecular weight is 540 g/mol. The number of nitrogens with one attached hydrogen (secondary N) is 2. The predicted molar refractivity (Wildman–Crippen MR) is 143 cm³/mol. The van der Waals surface area contributed by atoms with Crippen molar-refractivity contribution >= 4 is 55.7 Å². The van der Waals surface area contributed by atoms with Crippen molar-refractivity contribution in [2.45, 2.75) is 31.9 Å². The molecule has 2 N–H and O–H groups in total. The number of anilines is 1. The van der Waals surface area contributed by atoms with Gasteiger partial charge in [-0.25, -0.2) is 15.0 Å². The molecule has 10 nitrogen and oxygen atoms in total. The number of ether oxygens (including phenoxy) is 2. The van der Waals surface area contributed by atoms with Gasteiger partial charge in [0.05, 0.1) is 40.6 Å². The third-order valence-electron chi connectivity index (χ3n) is 6.93. The van der Waals surface area contributed by atoms with Crippen molar-refractivity contribution in [2.24, 2.45) is 0 Å². The zero-order valence-electron chi connectivity index (χ0n) is 20.5. The molecule has 37 heavy (non-hydrogen) atoms. The van der Waals surface area contributed by atoms with Crippen LogP contribution in [0.25, 0.3) is 21.1 Å². The summed E-state index contributed by atoms with van der Waals surface area (Å²) in [6.07, 6.45) is 4.96. The number of hydrogen-bond acceptors (Lipinski definition) is 10. The minimum absolute atomic E-state index is 0.0331. The van der Waals surface area contributed by atoms with Crippen molar-refractivity contribution in [3.63, 3.8) is 0 Å². The van der Waals surface area contributed by atoms with E-state index in [1.54, 1.807) is 12.4 Å². The van der Waals surface area contributed by atoms with E-state index < -0.39 is 0 Å². The van der Waals surface area contributed by atoms with Crippen molar-refractivity contribution in [1.29, 1.82) is 0 Å². The lowest BCUT2D eigenvalue weighted by atomic mass is 9.87. The zero-order chi connectivity index (χ0) is 25.6. The maximum absolute atomic E-state index is 13.3. The number of carbonyl (C=O) groups excluding carboxylic acids is 1. The van der Waals surface area contributed by atoms with Gasteiger partial charge >= 0.3 is 0 Å². The summed E-state index contributed by atoms with van der Waals surface area (Å²) in [6, 6.07) is 3.86. The van der Waals surface area contributed by atoms with Crippen molar-refractivity contribution in [1.82, 2.24) is 30.2 Å². The van der Waals surface area contributed by atoms with Crippen LogP contribution in [0.3, 0.4) is 0 Å². The highest BCUT2D eigenvalue weighted by molar-refractivity contribution is 7.21. The molecule has 0 bridgehead atoms. The number of thiophene rings is 1. The van der Waals surface area contributed by atoms with E-state index in [1.165, 1.54) is 11.3 Å². The SMILES string of the molecule is CCOCc1cnc(Cl)nc1Oc1cnc2c(ccc3sc4c(c32)NCC2(CCN(C)CC2)NC4=O)n1. The summed E-state index contributed by atoms with van der Waals surface area (Å²) >= 11 is 7.47. The van der Waals surface area contributed by atoms with Crippen molar-refractivity contribution < 1.29 is 14.3 Å². The maximum atomic E-state index is 13.3. The molecule has 5 heterocycles. The largest absolute Gasteiger partial charge is 0.418 e. The molecule has 192 valence electrons. The minimum Gasteiger partial charge on any atom is -0.418 e. The van der Waals surface area contributed by atoms with Crippen molar-refractivity contribution in [2.75, 3.05) is 38.6 Å². The van der Waals surface area contributed by atoms with E-state index >= 15 is 0 Å². The Kier molecular flexibility index (Phi) is 6.31. The van der Waals surface area contributed by atoms with Gasteiger partial charge in [-0.3, -0.25) is 4.79 Å². The molecule has 1 fully saturated rings. The minimum atomic E-state index is -0.246. The molecule has 1 amide bonds. The Bertz CT molecular complexity index is 1500. The first-order valence-corrected chi connectivity index (χ1v) is 13.4. The number of hydrogen-bond donors (Lipinski definition) is 2. The second kappa shape index (κ2) is 9.64. The Labute approximate surface area is 222 Å². The second-order valence-electron chi connectivity index (χ2n) is 9.42. The van der Waals surface area contributed by atoms with Crippen LogP contribution in [0.1, 0.15) is 35.0 Å². The maximum Gasteiger partial charge on any atom is 0.264 e. The van der Waals surface area contributed by atoms with E-state index in [1.807, 2.05) is 19.1 Å². The summed E-state index contributed by atoms with van der Waals surface area (Å²) in [5.74, 6) is 0.514. The third kappa shape index (κ3) is 4.56. The lowest BCUT2D eigenvalue weighted by molar-refractivity contribution is 0.0856. The summed E-state index contributed by atoms with van der Waals surface area (Å²) in [5.41, 5.74) is 2.59. The molecule has 1 saturated heterocycles. The van der Waals surface area contributed by atoms with E-state index in [0.29, 0.717) is 34.6 Å². The quantitative estimate of drug-likeness (QED) is 0.359. The molecule has 0 radical (unpaired) electrons. The Morgan fingerprint density at radius 1 is 1.19 bits per heavy atom. The van der Waals surface area contributed by atoms with Gasteiger partial charge in [-0.05, 0) is 50.5 Å². The summed E-state index contributed by atoms with van der Waals surface area (Å²) < 4.78 is 12.4. The highest BCUT2D eigenvalue weighted by atomic mass is 35.5. The van der Waals surface area contributed by atoms with Crippen LogP contribution in [0.5, 0.6) is 11.8 Å². The van der Waals surface area contributed by atoms with Crippen LogP contribution in [0, 0.1) is 0 Å². The lowest BCUT2D eigenvalue weighted by Gasteiger charge is -2.40. The number of likely N-dealkylation sites (tertiary alicyclic amines) is 1. The van der Waals surface area contributed by atoms with Crippen LogP contribution >= 0.6 is 22.9 Å². The van der Waals surface area contributed by atoms with Gasteiger partial charge in [-0.15, -0.1) is 11.3 Å². The summed E-state index contributed by atoms with van der Waals surface area (Å²) in [4.78, 5) is 33.9. The number of halogens is 1. The fourth-order valence-corrected chi connectivity index (χ4v) is 6.05. The third-order valence-corrected chi connectivity index (χ3v) is 8.27. The number of carbonyl (C=O) groups is 1. The van der Waals surface area contributed by atoms with Crippen LogP contribution in [-0.2, 0) is 11.3 Å². The monoisotopic (exact) mass is 539 g/mol. The highest BCUT2D eigenvalue weighted by Crippen LogP contribution is 2.42. The molecule has 0 saturated carbocycles. The topological polar surface area (TPSA) is 114 Å². The molecule has 0 aliphatic carbocycles. The fourth-order valence-electron chi connectivity index (χ4n) is 4.85. The number of nitrogens with zero attached hydrogens (tertiary/aromatic N) is 5. The van der Waals surface area contributed by atoms with Gasteiger partial charge in [0.15, 0.2) is 0 Å². The molecule has 2 aliphatic rings. The molecule has 0 atom stereocenters. The van der Waals surface area contributed by atoms with Crippen LogP contribution in [0.4, 0.5) is 5.69 Å². The molecule has 12 heteroatoms. The molecule has 1 aromatic carbocycles. The van der Waals surface area contributed by atoms with E-state index in [0.717, 1.165) is 41.7 Å². The van der Waals surface area contributed by atoms with Gasteiger partial charge < -0.3 is 25.0 Å². The first-order valence-electron chi connectivity index (χ1n) is 12.2. The highest BCUT2D eigenvalue weighted by Gasteiger charge is 2.39. The van der Waals surface area contributed by atoms with Gasteiger partial charge in [0.2, 0.25) is 17.0 Å². The first kappa shape index (κ1) is 24.2. The normalized spacial score (nSPS) is 17.4. The second-order valence-corrected chi connectivity index (χ2v) is 10.8. The Morgan fingerprint density at radius 2 is 2.03 bits per heavy atom. The van der Waals surface area contributed by atoms with E-state index in [-0.39, 0.29) is 35.1 Å². The van der Waals surface area contributed by atoms with Gasteiger partial charge in [0.1, 0.15) is 4.88 Å². The summed E-state index contributed by atoms with van der Waals surface area (Å²) in [5, 5.41) is 7.90. The van der Waals surface area contributed by atoms with E-state index in [2.05, 4.69) is 37.5 Å². The molecular formula is C25H26ClN7O3S. The smallest absolute Gasteiger partial charge is 0.264 e. The first-order chi connectivity index (χ1) is 17.9. The predicted octanol–water partition coefficient (Wildman–Crippen LogP) is 4.24. The van der Waals surface area contributed by atoms with Crippen molar-refractivity contribution in [3.8, 4) is 11.8 Å². The zero-order valence-corrected chi connectivity index (χ0v) is 22.1. The fraction of sp³-hybridized carbons (Fsp3) is 0.400. The molecule has 0 unspecified atom stereocenters. The Balaban J connectivity index is 1.35. The molecule has 4 aromatic rings. The molecular weight excluding hydrogens is 514 g/mol. The van der Waals surface area contributed by atoms with Crippen LogP contribution < -0.4 is 15.4 Å². The molecule has 1 spiro atoms. The number of rotatable bonds is 5. The molecule has 2 aliphatic heterocycles. The summed E-state index contributed by atoms with van der Waals surface area (Å²) in [7, 11) is 2.12. The number of benzene rings is 1. The van der Waals surface area contributed by atoms with Gasteiger partial charge in [-0.1, -0.05) is 0 Å². The van der Waals surface area contributed by atoms with E-state index in [9.17, 15) is 4.79 Å². The lowest BCUT2D eigenvalue weighted by Crippen LogP contribution is -2.57. The van der Waals surface area contributed by atoms with Crippen LogP contribution in [-0.4, -0.2) is 69.6 Å². The average Bonchev–Trinajstić information content (AvgIpc) is 3.22. The van der Waals surface area contributed by atoms with Crippen LogP contribution in [0.15, 0.2) is 24.5 Å². The Hall–Kier alpha value is -3.12. The number of aromatic nitrogens is 4. The molecule has 6 rings (SSSR count). The van der Waals surface area contributed by atoms with E-state index in [4.69, 9.17) is 26.1 Å². The number of fused-ring (bicyclic) bond motifs is 5. The Morgan fingerprint density at radius 3 is 2.84 bits per heavy atom. The van der Waals surface area contributed by atoms with Gasteiger partial charge in [0.25, 0.3) is 5.91 Å². The molecule has 3 aromatic heterocycles. The van der Waals surface area contributed by atoms with Gasteiger partial charge in [0, 0.05) is 42.5 Å². The standard InChI is InChI=1S/C25H26ClN7O3S/c1-3-35-12-14-10-28-24(26)31-23(14)36-17-11-27-19-15(30-17)4-5-16-18(19)20-21(37-16)22(34)32-25(13-29-20)6-8-33(2)9-7-25/h4-5,10-11,29H,3,6-9,12-13H2,1-2H3,(H,32,34). The van der Waals surface area contributed by atoms with Gasteiger partial charge in [-0.2, -0.15) is 4.98 Å². The number of piperidine rings is 1.